The quantitative estimate of drug-likeness (QED) is 0.437. The Morgan fingerprint density at radius 3 is 2.21 bits per heavy atom. The molecule has 0 amide bonds. The van der Waals surface area contributed by atoms with Crippen molar-refractivity contribution < 1.29 is 0 Å². The first kappa shape index (κ1) is 13.7. The molecule has 1 atom stereocenters. The van der Waals surface area contributed by atoms with Gasteiger partial charge in [0.25, 0.3) is 0 Å². The Morgan fingerprint density at radius 2 is 1.71 bits per heavy atom. The van der Waals surface area contributed by atoms with Crippen LogP contribution in [0.4, 0.5) is 0 Å². The van der Waals surface area contributed by atoms with Gasteiger partial charge in [0.1, 0.15) is 0 Å². The molecule has 0 bridgehead atoms. The summed E-state index contributed by atoms with van der Waals surface area (Å²) in [5, 5.41) is 0. The molecule has 0 heteroatoms. The zero-order chi connectivity index (χ0) is 10.8. The lowest BCUT2D eigenvalue weighted by atomic mass is 9.92. The van der Waals surface area contributed by atoms with E-state index in [4.69, 9.17) is 0 Å². The van der Waals surface area contributed by atoms with Crippen molar-refractivity contribution in [3.8, 4) is 0 Å². The molecule has 84 valence electrons. The minimum atomic E-state index is 0.948. The lowest BCUT2D eigenvalue weighted by molar-refractivity contribution is 0.419. The van der Waals surface area contributed by atoms with Crippen LogP contribution in [0.3, 0.4) is 0 Å². The molecule has 0 N–H and O–H groups in total. The van der Waals surface area contributed by atoms with E-state index in [9.17, 15) is 0 Å². The molecule has 0 nitrogen and oxygen atoms in total. The van der Waals surface area contributed by atoms with Gasteiger partial charge in [0.2, 0.25) is 0 Å². The van der Waals surface area contributed by atoms with E-state index >= 15 is 0 Å². The largest absolute Gasteiger partial charge is 0.0999 e. The summed E-state index contributed by atoms with van der Waals surface area (Å²) >= 11 is 0. The van der Waals surface area contributed by atoms with Gasteiger partial charge in [-0.3, -0.25) is 0 Å². The molecule has 0 aliphatic rings. The molecule has 1 unspecified atom stereocenters. The average Bonchev–Trinajstić information content (AvgIpc) is 2.19. The van der Waals surface area contributed by atoms with E-state index in [1.807, 2.05) is 0 Å². The highest BCUT2D eigenvalue weighted by Crippen LogP contribution is 2.21. The van der Waals surface area contributed by atoms with E-state index in [2.05, 4.69) is 27.4 Å². The van der Waals surface area contributed by atoms with Crippen molar-refractivity contribution in [1.29, 1.82) is 0 Å². The zero-order valence-corrected chi connectivity index (χ0v) is 10.4. The maximum absolute atomic E-state index is 4.13. The predicted molar refractivity (Wildman–Crippen MR) is 66.6 cm³/mol. The molecule has 0 aliphatic carbocycles. The Kier molecular flexibility index (Phi) is 9.13. The van der Waals surface area contributed by atoms with Gasteiger partial charge in [-0.2, -0.15) is 0 Å². The summed E-state index contributed by atoms with van der Waals surface area (Å²) in [5.41, 5.74) is 1.46. The van der Waals surface area contributed by atoms with Crippen LogP contribution in [0.25, 0.3) is 0 Å². The van der Waals surface area contributed by atoms with E-state index in [-0.39, 0.29) is 0 Å². The van der Waals surface area contributed by atoms with E-state index < -0.39 is 0 Å². The van der Waals surface area contributed by atoms with Crippen LogP contribution >= 0.6 is 0 Å². The summed E-state index contributed by atoms with van der Waals surface area (Å²) in [7, 11) is 0. The molecule has 0 rings (SSSR count). The standard InChI is InChI=1S/C14H28/c1-5-8-10-14(7-3)12-11-13(4)9-6-2/h14H,4-12H2,1-3H3. The van der Waals surface area contributed by atoms with Crippen molar-refractivity contribution in [3.63, 3.8) is 0 Å². The van der Waals surface area contributed by atoms with E-state index in [1.54, 1.807) is 0 Å². The maximum atomic E-state index is 4.13. The fraction of sp³-hybridized carbons (Fsp3) is 0.857. The van der Waals surface area contributed by atoms with Gasteiger partial charge in [-0.25, -0.2) is 0 Å². The van der Waals surface area contributed by atoms with E-state index in [0.717, 1.165) is 5.92 Å². The minimum Gasteiger partial charge on any atom is -0.0999 e. The zero-order valence-electron chi connectivity index (χ0n) is 10.4. The molecule has 0 fully saturated rings. The predicted octanol–water partition coefficient (Wildman–Crippen LogP) is 5.34. The highest BCUT2D eigenvalue weighted by atomic mass is 14.1. The highest BCUT2D eigenvalue weighted by molar-refractivity contribution is 4.93. The van der Waals surface area contributed by atoms with Crippen LogP contribution in [0, 0.1) is 5.92 Å². The first-order chi connectivity index (χ1) is 6.74. The molecule has 0 heterocycles. The van der Waals surface area contributed by atoms with Crippen molar-refractivity contribution in [2.75, 3.05) is 0 Å². The Balaban J connectivity index is 3.55. The number of hydrogen-bond acceptors (Lipinski definition) is 0. The summed E-state index contributed by atoms with van der Waals surface area (Å²) < 4.78 is 0. The minimum absolute atomic E-state index is 0.948. The highest BCUT2D eigenvalue weighted by Gasteiger charge is 2.05. The maximum Gasteiger partial charge on any atom is -0.0320 e. The van der Waals surface area contributed by atoms with Crippen LogP contribution in [0.5, 0.6) is 0 Å². The number of allylic oxidation sites excluding steroid dienone is 1. The fourth-order valence-electron chi connectivity index (χ4n) is 1.93. The Bertz CT molecular complexity index is 135. The van der Waals surface area contributed by atoms with Gasteiger partial charge in [0.05, 0.1) is 0 Å². The number of unbranched alkanes of at least 4 members (excludes halogenated alkanes) is 1. The molecule has 0 aromatic rings. The van der Waals surface area contributed by atoms with Gasteiger partial charge in [0, 0.05) is 0 Å². The van der Waals surface area contributed by atoms with Crippen LogP contribution in [-0.2, 0) is 0 Å². The third kappa shape index (κ3) is 7.17. The molecule has 0 aromatic heterocycles. The second-order valence-electron chi connectivity index (χ2n) is 4.46. The molecule has 0 radical (unpaired) electrons. The Hall–Kier alpha value is -0.260. The van der Waals surface area contributed by atoms with Crippen LogP contribution in [0.2, 0.25) is 0 Å². The number of rotatable bonds is 9. The molecule has 0 aliphatic heterocycles. The smallest absolute Gasteiger partial charge is 0.0320 e. The summed E-state index contributed by atoms with van der Waals surface area (Å²) in [6, 6.07) is 0. The lowest BCUT2D eigenvalue weighted by Crippen LogP contribution is -1.99. The van der Waals surface area contributed by atoms with Gasteiger partial charge >= 0.3 is 0 Å². The van der Waals surface area contributed by atoms with Crippen molar-refractivity contribution >= 4 is 0 Å². The van der Waals surface area contributed by atoms with Gasteiger partial charge in [-0.15, -0.1) is 0 Å². The third-order valence-corrected chi connectivity index (χ3v) is 3.05. The Morgan fingerprint density at radius 1 is 1.00 bits per heavy atom. The molecular weight excluding hydrogens is 168 g/mol. The fourth-order valence-corrected chi connectivity index (χ4v) is 1.93. The Labute approximate surface area is 90.8 Å². The van der Waals surface area contributed by atoms with Crippen molar-refractivity contribution in [2.24, 2.45) is 5.92 Å². The van der Waals surface area contributed by atoms with E-state index in [1.165, 1.54) is 56.9 Å². The summed E-state index contributed by atoms with van der Waals surface area (Å²) in [5.74, 6) is 0.948. The molecule has 0 saturated carbocycles. The first-order valence-corrected chi connectivity index (χ1v) is 6.41. The topological polar surface area (TPSA) is 0 Å². The molecule has 0 spiro atoms. The number of hydrogen-bond donors (Lipinski definition) is 0. The summed E-state index contributed by atoms with van der Waals surface area (Å²) in [6.07, 6.45) is 10.6. The van der Waals surface area contributed by atoms with Crippen LogP contribution in [0.1, 0.15) is 72.1 Å². The van der Waals surface area contributed by atoms with Crippen LogP contribution in [-0.4, -0.2) is 0 Å². The summed E-state index contributed by atoms with van der Waals surface area (Å²) in [6.45, 7) is 11.0. The van der Waals surface area contributed by atoms with Crippen LogP contribution < -0.4 is 0 Å². The summed E-state index contributed by atoms with van der Waals surface area (Å²) in [4.78, 5) is 0. The third-order valence-electron chi connectivity index (χ3n) is 3.05. The first-order valence-electron chi connectivity index (χ1n) is 6.41. The van der Waals surface area contributed by atoms with Crippen LogP contribution in [0.15, 0.2) is 12.2 Å². The second kappa shape index (κ2) is 9.30. The molecule has 0 saturated heterocycles. The average molecular weight is 196 g/mol. The van der Waals surface area contributed by atoms with Gasteiger partial charge in [-0.05, 0) is 25.2 Å². The van der Waals surface area contributed by atoms with Crippen molar-refractivity contribution in [3.05, 3.63) is 12.2 Å². The second-order valence-corrected chi connectivity index (χ2v) is 4.46. The van der Waals surface area contributed by atoms with E-state index in [0.29, 0.717) is 0 Å². The van der Waals surface area contributed by atoms with Crippen molar-refractivity contribution in [2.45, 2.75) is 72.1 Å². The SMILES string of the molecule is C=C(CCC)CCC(CC)CCCC. The molecular formula is C14H28. The molecule has 0 aromatic carbocycles. The van der Waals surface area contributed by atoms with Crippen molar-refractivity contribution in [1.82, 2.24) is 0 Å². The normalized spacial score (nSPS) is 12.8. The monoisotopic (exact) mass is 196 g/mol. The van der Waals surface area contributed by atoms with Gasteiger partial charge in [0.15, 0.2) is 0 Å². The van der Waals surface area contributed by atoms with Gasteiger partial charge in [-0.1, -0.05) is 65.0 Å². The van der Waals surface area contributed by atoms with Gasteiger partial charge < -0.3 is 0 Å². The lowest BCUT2D eigenvalue weighted by Gasteiger charge is -2.14. The molecule has 14 heavy (non-hydrogen) atoms.